The van der Waals surface area contributed by atoms with Crippen molar-refractivity contribution in [3.05, 3.63) is 17.5 Å². The lowest BCUT2D eigenvalue weighted by molar-refractivity contribution is 0.0921. The molecule has 0 unspecified atom stereocenters. The monoisotopic (exact) mass is 261 g/mol. The van der Waals surface area contributed by atoms with E-state index in [0.717, 1.165) is 18.0 Å². The maximum Gasteiger partial charge on any atom is 0.272 e. The summed E-state index contributed by atoms with van der Waals surface area (Å²) in [7, 11) is 0. The van der Waals surface area contributed by atoms with E-state index in [0.29, 0.717) is 23.6 Å². The van der Waals surface area contributed by atoms with Crippen LogP contribution in [-0.4, -0.2) is 22.1 Å². The van der Waals surface area contributed by atoms with E-state index in [4.69, 9.17) is 0 Å². The van der Waals surface area contributed by atoms with Gasteiger partial charge in [-0.25, -0.2) is 0 Å². The lowest BCUT2D eigenvalue weighted by Crippen LogP contribution is -2.37. The first-order valence-electron chi connectivity index (χ1n) is 7.51. The topological polar surface area (TPSA) is 57.8 Å². The molecule has 1 amide bonds. The molecule has 4 heteroatoms. The first-order valence-corrected chi connectivity index (χ1v) is 7.51. The van der Waals surface area contributed by atoms with Gasteiger partial charge in [-0.1, -0.05) is 26.7 Å². The minimum atomic E-state index is -0.0132. The second kappa shape index (κ2) is 4.99. The number of nitrogens with one attached hydrogen (secondary N) is 2. The van der Waals surface area contributed by atoms with Crippen LogP contribution in [0.4, 0.5) is 0 Å². The molecule has 2 N–H and O–H groups in total. The average molecular weight is 261 g/mol. The van der Waals surface area contributed by atoms with Crippen LogP contribution in [0.3, 0.4) is 0 Å². The summed E-state index contributed by atoms with van der Waals surface area (Å²) >= 11 is 0. The Hall–Kier alpha value is -1.32. The van der Waals surface area contributed by atoms with Crippen molar-refractivity contribution >= 4 is 5.91 Å². The van der Waals surface area contributed by atoms with Crippen LogP contribution in [0.15, 0.2) is 6.07 Å². The van der Waals surface area contributed by atoms with Gasteiger partial charge in [0.15, 0.2) is 0 Å². The Morgan fingerprint density at radius 1 is 1.37 bits per heavy atom. The summed E-state index contributed by atoms with van der Waals surface area (Å²) in [4.78, 5) is 12.2. The molecule has 0 saturated heterocycles. The molecule has 1 aromatic heterocycles. The molecule has 3 atom stereocenters. The number of H-pyrrole nitrogens is 1. The third kappa shape index (κ3) is 2.40. The SMILES string of the molecule is CC(C)c1cc(C(=O)N[C@@H]2CC[C@H]3CCC[C@H]32)n[nH]1. The number of rotatable bonds is 3. The highest BCUT2D eigenvalue weighted by molar-refractivity contribution is 5.92. The fourth-order valence-corrected chi connectivity index (χ4v) is 3.73. The van der Waals surface area contributed by atoms with E-state index in [2.05, 4.69) is 29.4 Å². The van der Waals surface area contributed by atoms with Crippen LogP contribution in [0.5, 0.6) is 0 Å². The molecule has 19 heavy (non-hydrogen) atoms. The molecule has 4 nitrogen and oxygen atoms in total. The zero-order valence-corrected chi connectivity index (χ0v) is 11.8. The lowest BCUT2D eigenvalue weighted by Gasteiger charge is -2.19. The number of amides is 1. The van der Waals surface area contributed by atoms with Crippen molar-refractivity contribution in [3.63, 3.8) is 0 Å². The van der Waals surface area contributed by atoms with E-state index in [-0.39, 0.29) is 5.91 Å². The van der Waals surface area contributed by atoms with E-state index in [9.17, 15) is 4.79 Å². The molecule has 0 aliphatic heterocycles. The van der Waals surface area contributed by atoms with Crippen LogP contribution in [0.25, 0.3) is 0 Å². The average Bonchev–Trinajstić information content (AvgIpc) is 3.05. The van der Waals surface area contributed by atoms with Gasteiger partial charge >= 0.3 is 0 Å². The summed E-state index contributed by atoms with van der Waals surface area (Å²) < 4.78 is 0. The molecule has 3 rings (SSSR count). The Labute approximate surface area is 114 Å². The Balaban J connectivity index is 1.64. The van der Waals surface area contributed by atoms with Crippen molar-refractivity contribution in [3.8, 4) is 0 Å². The summed E-state index contributed by atoms with van der Waals surface area (Å²) in [5, 5.41) is 10.3. The highest BCUT2D eigenvalue weighted by Gasteiger charge is 2.39. The van der Waals surface area contributed by atoms with E-state index < -0.39 is 0 Å². The van der Waals surface area contributed by atoms with E-state index in [1.54, 1.807) is 0 Å². The zero-order chi connectivity index (χ0) is 13.4. The normalized spacial score (nSPS) is 29.7. The molecule has 0 radical (unpaired) electrons. The van der Waals surface area contributed by atoms with Gasteiger partial charge < -0.3 is 5.32 Å². The van der Waals surface area contributed by atoms with Crippen LogP contribution < -0.4 is 5.32 Å². The van der Waals surface area contributed by atoms with Gasteiger partial charge in [0.2, 0.25) is 0 Å². The van der Waals surface area contributed by atoms with E-state index >= 15 is 0 Å². The third-order valence-electron chi connectivity index (χ3n) is 4.85. The quantitative estimate of drug-likeness (QED) is 0.879. The summed E-state index contributed by atoms with van der Waals surface area (Å²) in [6, 6.07) is 2.25. The van der Waals surface area contributed by atoms with E-state index in [1.807, 2.05) is 6.07 Å². The number of aromatic amines is 1. The largest absolute Gasteiger partial charge is 0.348 e. The summed E-state index contributed by atoms with van der Waals surface area (Å²) in [6.07, 6.45) is 6.40. The zero-order valence-electron chi connectivity index (χ0n) is 11.8. The minimum absolute atomic E-state index is 0.0132. The molecule has 2 fully saturated rings. The van der Waals surface area contributed by atoms with Crippen LogP contribution >= 0.6 is 0 Å². The van der Waals surface area contributed by atoms with Crippen molar-refractivity contribution in [2.45, 2.75) is 57.9 Å². The molecule has 2 saturated carbocycles. The first kappa shape index (κ1) is 12.7. The van der Waals surface area contributed by atoms with Gasteiger partial charge in [0.05, 0.1) is 0 Å². The van der Waals surface area contributed by atoms with E-state index in [1.165, 1.54) is 25.7 Å². The Bertz CT molecular complexity index is 466. The molecular weight excluding hydrogens is 238 g/mol. The van der Waals surface area contributed by atoms with Gasteiger partial charge in [-0.2, -0.15) is 5.10 Å². The number of fused-ring (bicyclic) bond motifs is 1. The summed E-state index contributed by atoms with van der Waals surface area (Å²) in [5.74, 6) is 1.93. The number of aromatic nitrogens is 2. The Morgan fingerprint density at radius 3 is 2.95 bits per heavy atom. The fraction of sp³-hybridized carbons (Fsp3) is 0.733. The highest BCUT2D eigenvalue weighted by atomic mass is 16.2. The second-order valence-corrected chi connectivity index (χ2v) is 6.38. The van der Waals surface area contributed by atoms with Crippen molar-refractivity contribution in [1.82, 2.24) is 15.5 Å². The standard InChI is InChI=1S/C15H23N3O/c1-9(2)13-8-14(18-17-13)15(19)16-12-7-6-10-4-3-5-11(10)12/h8-12H,3-7H2,1-2H3,(H,16,19)(H,17,18)/t10-,11-,12-/m1/s1. The summed E-state index contributed by atoms with van der Waals surface area (Å²) in [6.45, 7) is 4.19. The van der Waals surface area contributed by atoms with Crippen molar-refractivity contribution in [1.29, 1.82) is 0 Å². The lowest BCUT2D eigenvalue weighted by atomic mass is 9.97. The molecule has 0 spiro atoms. The molecule has 0 bridgehead atoms. The molecule has 104 valence electrons. The first-order chi connectivity index (χ1) is 9.15. The summed E-state index contributed by atoms with van der Waals surface area (Å²) in [5.41, 5.74) is 1.56. The highest BCUT2D eigenvalue weighted by Crippen LogP contribution is 2.43. The Kier molecular flexibility index (Phi) is 3.33. The van der Waals surface area contributed by atoms with Gasteiger partial charge in [0.25, 0.3) is 5.91 Å². The molecule has 0 aromatic carbocycles. The van der Waals surface area contributed by atoms with Crippen molar-refractivity contribution in [2.75, 3.05) is 0 Å². The number of nitrogens with zero attached hydrogens (tertiary/aromatic N) is 1. The number of carbonyl (C=O) groups excluding carboxylic acids is 1. The van der Waals surface area contributed by atoms with Crippen molar-refractivity contribution in [2.24, 2.45) is 11.8 Å². The van der Waals surface area contributed by atoms with Gasteiger partial charge in [-0.3, -0.25) is 9.89 Å². The number of hydrogen-bond acceptors (Lipinski definition) is 2. The van der Waals surface area contributed by atoms with Crippen LogP contribution in [-0.2, 0) is 0 Å². The van der Waals surface area contributed by atoms with Gasteiger partial charge in [0.1, 0.15) is 5.69 Å². The smallest absolute Gasteiger partial charge is 0.272 e. The maximum atomic E-state index is 12.2. The fourth-order valence-electron chi connectivity index (χ4n) is 3.73. The minimum Gasteiger partial charge on any atom is -0.348 e. The van der Waals surface area contributed by atoms with Crippen molar-refractivity contribution < 1.29 is 4.79 Å². The van der Waals surface area contributed by atoms with Gasteiger partial charge in [-0.05, 0) is 43.1 Å². The molecular formula is C15H23N3O. The van der Waals surface area contributed by atoms with Gasteiger partial charge in [-0.15, -0.1) is 0 Å². The predicted molar refractivity (Wildman–Crippen MR) is 74.0 cm³/mol. The maximum absolute atomic E-state index is 12.2. The molecule has 1 heterocycles. The third-order valence-corrected chi connectivity index (χ3v) is 4.85. The Morgan fingerprint density at radius 2 is 2.21 bits per heavy atom. The molecule has 2 aliphatic rings. The second-order valence-electron chi connectivity index (χ2n) is 6.38. The molecule has 1 aromatic rings. The number of carbonyl (C=O) groups is 1. The number of hydrogen-bond donors (Lipinski definition) is 2. The predicted octanol–water partition coefficient (Wildman–Crippen LogP) is 2.84. The van der Waals surface area contributed by atoms with Crippen LogP contribution in [0.1, 0.15) is 68.1 Å². The molecule has 2 aliphatic carbocycles. The van der Waals surface area contributed by atoms with Crippen LogP contribution in [0.2, 0.25) is 0 Å². The van der Waals surface area contributed by atoms with Gasteiger partial charge in [0, 0.05) is 11.7 Å². The van der Waals surface area contributed by atoms with Crippen LogP contribution in [0, 0.1) is 11.8 Å².